The Morgan fingerprint density at radius 2 is 2.09 bits per heavy atom. The molecule has 0 atom stereocenters. The van der Waals surface area contributed by atoms with Crippen molar-refractivity contribution in [1.82, 2.24) is 34.0 Å². The second kappa shape index (κ2) is 8.28. The van der Waals surface area contributed by atoms with E-state index in [0.717, 1.165) is 0 Å². The topological polar surface area (TPSA) is 123 Å². The Kier molecular flexibility index (Phi) is 5.29. The van der Waals surface area contributed by atoms with Crippen molar-refractivity contribution in [1.29, 1.82) is 0 Å². The molecule has 4 aromatic rings. The number of amides is 1. The highest BCUT2D eigenvalue weighted by Crippen LogP contribution is 2.27. The van der Waals surface area contributed by atoms with Crippen LogP contribution in [0.2, 0.25) is 0 Å². The number of halogens is 1. The molecule has 11 nitrogen and oxygen atoms in total. The van der Waals surface area contributed by atoms with Gasteiger partial charge in [-0.05, 0) is 25.0 Å². The summed E-state index contributed by atoms with van der Waals surface area (Å²) in [6.07, 6.45) is 2.85. The van der Waals surface area contributed by atoms with Crippen molar-refractivity contribution >= 4 is 33.9 Å². The third-order valence-electron chi connectivity index (χ3n) is 5.74. The summed E-state index contributed by atoms with van der Waals surface area (Å²) in [5.41, 5.74) is 1.55. The van der Waals surface area contributed by atoms with Gasteiger partial charge in [0, 0.05) is 39.4 Å². The lowest BCUT2D eigenvalue weighted by atomic mass is 10.1. The monoisotopic (exact) mass is 454 g/mol. The first-order valence-electron chi connectivity index (χ1n) is 10.6. The molecule has 1 fully saturated rings. The number of aromatic amines is 1. The molecule has 1 aliphatic rings. The van der Waals surface area contributed by atoms with Gasteiger partial charge in [-0.1, -0.05) is 0 Å². The van der Waals surface area contributed by atoms with E-state index in [9.17, 15) is 14.0 Å². The minimum absolute atomic E-state index is 0.0255. The molecule has 1 aliphatic heterocycles. The zero-order valence-electron chi connectivity index (χ0n) is 18.2. The van der Waals surface area contributed by atoms with E-state index in [-0.39, 0.29) is 30.1 Å². The molecule has 12 heteroatoms. The van der Waals surface area contributed by atoms with E-state index in [2.05, 4.69) is 25.3 Å². The third-order valence-corrected chi connectivity index (χ3v) is 5.74. The van der Waals surface area contributed by atoms with Crippen LogP contribution in [0.3, 0.4) is 0 Å². The van der Waals surface area contributed by atoms with Gasteiger partial charge in [-0.15, -0.1) is 0 Å². The number of nitrogens with one attached hydrogen (secondary N) is 2. The van der Waals surface area contributed by atoms with E-state index in [1.807, 2.05) is 0 Å². The lowest BCUT2D eigenvalue weighted by molar-refractivity contribution is -0.126. The maximum Gasteiger partial charge on any atom is 0.328 e. The summed E-state index contributed by atoms with van der Waals surface area (Å²) in [6.45, 7) is 1.08. The number of aromatic nitrogens is 6. The fourth-order valence-electron chi connectivity index (χ4n) is 3.97. The Morgan fingerprint density at radius 3 is 2.85 bits per heavy atom. The second-order valence-electron chi connectivity index (χ2n) is 8.10. The van der Waals surface area contributed by atoms with Crippen LogP contribution in [0.15, 0.2) is 29.3 Å². The van der Waals surface area contributed by atoms with Crippen molar-refractivity contribution in [3.8, 4) is 5.95 Å². The molecule has 5 rings (SSSR count). The quantitative estimate of drug-likeness (QED) is 0.468. The largest absolute Gasteiger partial charge is 0.381 e. The minimum atomic E-state index is -0.416. The van der Waals surface area contributed by atoms with E-state index >= 15 is 0 Å². The number of rotatable bonds is 5. The minimum Gasteiger partial charge on any atom is -0.381 e. The Balaban J connectivity index is 1.69. The van der Waals surface area contributed by atoms with Gasteiger partial charge in [-0.25, -0.2) is 14.2 Å². The van der Waals surface area contributed by atoms with E-state index in [1.54, 1.807) is 29.3 Å². The molecule has 0 aliphatic carbocycles. The number of carbonyl (C=O) groups excluding carboxylic acids is 1. The average molecular weight is 454 g/mol. The van der Waals surface area contributed by atoms with Crippen LogP contribution in [0, 0.1) is 5.82 Å². The molecule has 1 amide bonds. The molecule has 4 heterocycles. The van der Waals surface area contributed by atoms with Crippen LogP contribution in [0.25, 0.3) is 28.1 Å². The Bertz CT molecular complexity index is 1400. The third kappa shape index (κ3) is 3.82. The molecule has 0 radical (unpaired) electrons. The van der Waals surface area contributed by atoms with Gasteiger partial charge in [0.2, 0.25) is 11.9 Å². The number of ether oxygens (including phenoxy) is 1. The number of carbonyl (C=O) groups is 1. The predicted molar refractivity (Wildman–Crippen MR) is 119 cm³/mol. The number of anilines is 1. The maximum atomic E-state index is 13.9. The molecule has 3 aromatic heterocycles. The summed E-state index contributed by atoms with van der Waals surface area (Å²) in [6, 6.07) is 4.17. The van der Waals surface area contributed by atoms with E-state index < -0.39 is 5.82 Å². The standard InChI is InChI=1S/C21H23FN8O3/c1-28(2)16(31)10-23-18-17-19(30(21(32)25-17)13-5-7-33-8-6-13)27-20(26-18)29-11-24-14-4-3-12(22)9-15(14)29/h3-4,9,11,13H,5-8,10H2,1-2H3,(H,25,32)(H,23,26,27). The molecular formula is C21H23FN8O3. The SMILES string of the molecule is CN(C)C(=O)CNc1nc(-n2cnc3ccc(F)cc32)nc2c1[nH]c(=O)n2C1CCOCC1. The van der Waals surface area contributed by atoms with Gasteiger partial charge in [0.1, 0.15) is 17.7 Å². The number of H-pyrrole nitrogens is 1. The first kappa shape index (κ1) is 21.1. The molecule has 172 valence electrons. The van der Waals surface area contributed by atoms with Crippen molar-refractivity contribution in [3.05, 3.63) is 40.8 Å². The smallest absolute Gasteiger partial charge is 0.328 e. The fourth-order valence-corrected chi connectivity index (χ4v) is 3.97. The van der Waals surface area contributed by atoms with Crippen molar-refractivity contribution in [2.24, 2.45) is 0 Å². The Labute approximate surface area is 187 Å². The highest BCUT2D eigenvalue weighted by atomic mass is 19.1. The highest BCUT2D eigenvalue weighted by Gasteiger charge is 2.24. The average Bonchev–Trinajstić information content (AvgIpc) is 3.37. The lowest BCUT2D eigenvalue weighted by Crippen LogP contribution is -2.29. The number of fused-ring (bicyclic) bond motifs is 2. The Morgan fingerprint density at radius 1 is 1.30 bits per heavy atom. The van der Waals surface area contributed by atoms with Crippen molar-refractivity contribution in [2.75, 3.05) is 39.2 Å². The molecule has 1 aromatic carbocycles. The predicted octanol–water partition coefficient (Wildman–Crippen LogP) is 1.45. The van der Waals surface area contributed by atoms with Crippen LogP contribution >= 0.6 is 0 Å². The summed E-state index contributed by atoms with van der Waals surface area (Å²) in [7, 11) is 3.31. The van der Waals surface area contributed by atoms with E-state index in [4.69, 9.17) is 4.74 Å². The summed E-state index contributed by atoms with van der Waals surface area (Å²) < 4.78 is 22.6. The summed E-state index contributed by atoms with van der Waals surface area (Å²) in [4.78, 5) is 42.9. The number of hydrogen-bond acceptors (Lipinski definition) is 7. The molecule has 2 N–H and O–H groups in total. The highest BCUT2D eigenvalue weighted by molar-refractivity contribution is 5.87. The van der Waals surface area contributed by atoms with Crippen molar-refractivity contribution in [2.45, 2.75) is 18.9 Å². The van der Waals surface area contributed by atoms with E-state index in [0.29, 0.717) is 54.1 Å². The van der Waals surface area contributed by atoms with Crippen LogP contribution in [-0.2, 0) is 9.53 Å². The number of hydrogen-bond donors (Lipinski definition) is 2. The van der Waals surface area contributed by atoms with Crippen LogP contribution in [-0.4, -0.2) is 73.7 Å². The van der Waals surface area contributed by atoms with E-state index in [1.165, 1.54) is 23.4 Å². The second-order valence-corrected chi connectivity index (χ2v) is 8.10. The maximum absolute atomic E-state index is 13.9. The zero-order chi connectivity index (χ0) is 23.1. The van der Waals surface area contributed by atoms with Gasteiger partial charge in [0.05, 0.1) is 17.6 Å². The van der Waals surface area contributed by atoms with Crippen molar-refractivity contribution in [3.63, 3.8) is 0 Å². The molecular weight excluding hydrogens is 431 g/mol. The number of benzene rings is 1. The first-order valence-corrected chi connectivity index (χ1v) is 10.6. The zero-order valence-corrected chi connectivity index (χ0v) is 18.2. The molecule has 0 unspecified atom stereocenters. The summed E-state index contributed by atoms with van der Waals surface area (Å²) >= 11 is 0. The van der Waals surface area contributed by atoms with Gasteiger partial charge >= 0.3 is 5.69 Å². The number of nitrogens with zero attached hydrogens (tertiary/aromatic N) is 6. The number of likely N-dealkylation sites (N-methyl/N-ethyl adjacent to an activating group) is 1. The van der Waals surface area contributed by atoms with Gasteiger partial charge in [0.25, 0.3) is 0 Å². The summed E-state index contributed by atoms with van der Waals surface area (Å²) in [5, 5.41) is 3.02. The van der Waals surface area contributed by atoms with Gasteiger partial charge < -0.3 is 19.9 Å². The van der Waals surface area contributed by atoms with Gasteiger partial charge in [0.15, 0.2) is 11.5 Å². The van der Waals surface area contributed by atoms with Gasteiger partial charge in [-0.3, -0.25) is 13.9 Å². The van der Waals surface area contributed by atoms with Crippen LogP contribution in [0.5, 0.6) is 0 Å². The normalized spacial score (nSPS) is 14.8. The van der Waals surface area contributed by atoms with Gasteiger partial charge in [-0.2, -0.15) is 9.97 Å². The molecule has 33 heavy (non-hydrogen) atoms. The fraction of sp³-hybridized carbons (Fsp3) is 0.381. The molecule has 1 saturated heterocycles. The Hall–Kier alpha value is -3.80. The lowest BCUT2D eigenvalue weighted by Gasteiger charge is -2.23. The van der Waals surface area contributed by atoms with Crippen LogP contribution < -0.4 is 11.0 Å². The summed E-state index contributed by atoms with van der Waals surface area (Å²) in [5.74, 6) is -0.0766. The van der Waals surface area contributed by atoms with Crippen LogP contribution in [0.1, 0.15) is 18.9 Å². The van der Waals surface area contributed by atoms with Crippen LogP contribution in [0.4, 0.5) is 10.2 Å². The van der Waals surface area contributed by atoms with Crippen molar-refractivity contribution < 1.29 is 13.9 Å². The number of imidazole rings is 2. The molecule has 0 saturated carbocycles. The first-order chi connectivity index (χ1) is 15.9. The molecule has 0 spiro atoms. The molecule has 0 bridgehead atoms.